The van der Waals surface area contributed by atoms with Gasteiger partial charge in [0.1, 0.15) is 0 Å². The normalized spacial score (nSPS) is 26.3. The molecule has 1 heterocycles. The monoisotopic (exact) mass is 230 g/mol. The molecule has 0 aliphatic carbocycles. The Bertz CT molecular complexity index is 211. The van der Waals surface area contributed by atoms with Crippen LogP contribution in [0.3, 0.4) is 0 Å². The third-order valence-corrected chi connectivity index (χ3v) is 3.57. The minimum atomic E-state index is 0.244. The third kappa shape index (κ3) is 4.03. The molecule has 1 aliphatic heterocycles. The van der Waals surface area contributed by atoms with E-state index in [9.17, 15) is 4.79 Å². The van der Waals surface area contributed by atoms with Crippen molar-refractivity contribution in [2.75, 3.05) is 32.1 Å². The van der Waals surface area contributed by atoms with E-state index in [0.717, 1.165) is 31.7 Å². The molecule has 0 spiro atoms. The average Bonchev–Trinajstić information content (AvgIpc) is 2.24. The number of nitrogens with zero attached hydrogens (tertiary/aromatic N) is 1. The van der Waals surface area contributed by atoms with Crippen LogP contribution in [-0.2, 0) is 4.79 Å². The van der Waals surface area contributed by atoms with Crippen molar-refractivity contribution in [3.05, 3.63) is 0 Å². The van der Waals surface area contributed by atoms with Gasteiger partial charge in [-0.15, -0.1) is 0 Å². The molecule has 3 nitrogen and oxygen atoms in total. The van der Waals surface area contributed by atoms with E-state index >= 15 is 0 Å². The molecule has 0 aromatic carbocycles. The molecular weight excluding hydrogens is 208 g/mol. The van der Waals surface area contributed by atoms with Crippen molar-refractivity contribution in [1.82, 2.24) is 10.2 Å². The summed E-state index contributed by atoms with van der Waals surface area (Å²) in [4.78, 5) is 13.9. The lowest BCUT2D eigenvalue weighted by molar-refractivity contribution is -0.135. The van der Waals surface area contributed by atoms with Gasteiger partial charge in [0.2, 0.25) is 5.91 Å². The molecule has 1 aliphatic rings. The summed E-state index contributed by atoms with van der Waals surface area (Å²) >= 11 is 1.79. The molecule has 2 unspecified atom stereocenters. The molecule has 1 fully saturated rings. The van der Waals surface area contributed by atoms with E-state index in [2.05, 4.69) is 18.5 Å². The Labute approximate surface area is 97.0 Å². The fourth-order valence-electron chi connectivity index (χ4n) is 2.01. The highest BCUT2D eigenvalue weighted by molar-refractivity contribution is 7.98. The predicted molar refractivity (Wildman–Crippen MR) is 66.2 cm³/mol. The maximum atomic E-state index is 12.0. The number of amides is 1. The summed E-state index contributed by atoms with van der Waals surface area (Å²) in [6.07, 6.45) is 4.06. The summed E-state index contributed by atoms with van der Waals surface area (Å²) < 4.78 is 0. The Hall–Kier alpha value is -0.220. The van der Waals surface area contributed by atoms with Crippen LogP contribution in [0, 0.1) is 5.92 Å². The van der Waals surface area contributed by atoms with Gasteiger partial charge in [0, 0.05) is 31.3 Å². The first-order chi connectivity index (χ1) is 7.15. The molecule has 0 bridgehead atoms. The second-order valence-electron chi connectivity index (χ2n) is 4.33. The number of carbonyl (C=O) groups excluding carboxylic acids is 1. The molecule has 0 saturated carbocycles. The third-order valence-electron chi connectivity index (χ3n) is 2.98. The quantitative estimate of drug-likeness (QED) is 0.787. The molecule has 0 aromatic heterocycles. The van der Waals surface area contributed by atoms with Crippen LogP contribution in [0.1, 0.15) is 19.8 Å². The summed E-state index contributed by atoms with van der Waals surface area (Å²) in [7, 11) is 1.92. The number of hydrogen-bond acceptors (Lipinski definition) is 3. The number of hydrogen-bond donors (Lipinski definition) is 1. The van der Waals surface area contributed by atoms with E-state index in [-0.39, 0.29) is 5.92 Å². The van der Waals surface area contributed by atoms with E-state index in [0.29, 0.717) is 11.9 Å². The van der Waals surface area contributed by atoms with Crippen LogP contribution in [0.2, 0.25) is 0 Å². The number of carbonyl (C=O) groups is 1. The Balaban J connectivity index is 2.37. The van der Waals surface area contributed by atoms with E-state index in [1.807, 2.05) is 11.9 Å². The van der Waals surface area contributed by atoms with Crippen molar-refractivity contribution >= 4 is 17.7 Å². The van der Waals surface area contributed by atoms with Gasteiger partial charge in [0.15, 0.2) is 0 Å². The second-order valence-corrected chi connectivity index (χ2v) is 5.31. The van der Waals surface area contributed by atoms with Gasteiger partial charge < -0.3 is 10.2 Å². The lowest BCUT2D eigenvalue weighted by atomic mass is 9.92. The summed E-state index contributed by atoms with van der Waals surface area (Å²) in [5.41, 5.74) is 0. The second kappa shape index (κ2) is 6.38. The van der Waals surface area contributed by atoms with Crippen LogP contribution in [-0.4, -0.2) is 49.0 Å². The average molecular weight is 230 g/mol. The van der Waals surface area contributed by atoms with Gasteiger partial charge in [-0.3, -0.25) is 4.79 Å². The van der Waals surface area contributed by atoms with Gasteiger partial charge in [-0.05, 0) is 32.6 Å². The molecule has 1 saturated heterocycles. The van der Waals surface area contributed by atoms with Crippen molar-refractivity contribution in [1.29, 1.82) is 0 Å². The first-order valence-corrected chi connectivity index (χ1v) is 7.01. The Morgan fingerprint density at radius 1 is 1.60 bits per heavy atom. The van der Waals surface area contributed by atoms with Crippen LogP contribution >= 0.6 is 11.8 Å². The zero-order valence-corrected chi connectivity index (χ0v) is 10.8. The maximum Gasteiger partial charge on any atom is 0.225 e. The highest BCUT2D eigenvalue weighted by Gasteiger charge is 2.26. The highest BCUT2D eigenvalue weighted by Crippen LogP contribution is 2.18. The molecule has 88 valence electrons. The predicted octanol–water partition coefficient (Wildman–Crippen LogP) is 1.20. The van der Waals surface area contributed by atoms with E-state index < -0.39 is 0 Å². The highest BCUT2D eigenvalue weighted by atomic mass is 32.2. The zero-order chi connectivity index (χ0) is 11.3. The molecule has 2 atom stereocenters. The zero-order valence-electron chi connectivity index (χ0n) is 9.95. The largest absolute Gasteiger partial charge is 0.345 e. The van der Waals surface area contributed by atoms with Crippen molar-refractivity contribution < 1.29 is 4.79 Å². The van der Waals surface area contributed by atoms with Crippen LogP contribution in [0.15, 0.2) is 0 Å². The minimum Gasteiger partial charge on any atom is -0.345 e. The molecule has 4 heteroatoms. The Kier molecular flexibility index (Phi) is 5.47. The van der Waals surface area contributed by atoms with E-state index in [1.54, 1.807) is 11.8 Å². The maximum absolute atomic E-state index is 12.0. The number of thioether (sulfide) groups is 1. The number of nitrogens with one attached hydrogen (secondary N) is 1. The Morgan fingerprint density at radius 2 is 2.33 bits per heavy atom. The number of rotatable bonds is 4. The van der Waals surface area contributed by atoms with Crippen molar-refractivity contribution in [2.45, 2.75) is 25.8 Å². The molecule has 1 rings (SSSR count). The fraction of sp³-hybridized carbons (Fsp3) is 0.909. The van der Waals surface area contributed by atoms with Crippen LogP contribution in [0.5, 0.6) is 0 Å². The smallest absolute Gasteiger partial charge is 0.225 e. The first-order valence-electron chi connectivity index (χ1n) is 5.62. The number of piperidine rings is 1. The molecule has 0 aromatic rings. The molecule has 1 amide bonds. The first kappa shape index (κ1) is 12.8. The summed E-state index contributed by atoms with van der Waals surface area (Å²) in [6, 6.07) is 0.488. The van der Waals surface area contributed by atoms with Crippen molar-refractivity contribution in [3.63, 3.8) is 0 Å². The van der Waals surface area contributed by atoms with Crippen molar-refractivity contribution in [2.24, 2.45) is 5.92 Å². The summed E-state index contributed by atoms with van der Waals surface area (Å²) in [6.45, 7) is 4.01. The van der Waals surface area contributed by atoms with Gasteiger partial charge in [0.05, 0.1) is 0 Å². The standard InChI is InChI=1S/C11H22N2OS/c1-9-8-10(4-5-12-9)11(14)13(2)6-7-15-3/h9-10,12H,4-8H2,1-3H3. The van der Waals surface area contributed by atoms with E-state index in [4.69, 9.17) is 0 Å². The summed E-state index contributed by atoms with van der Waals surface area (Å²) in [5.74, 6) is 1.61. The van der Waals surface area contributed by atoms with Crippen molar-refractivity contribution in [3.8, 4) is 0 Å². The van der Waals surface area contributed by atoms with Crippen LogP contribution < -0.4 is 5.32 Å². The lowest BCUT2D eigenvalue weighted by Gasteiger charge is -2.30. The molecule has 0 radical (unpaired) electrons. The topological polar surface area (TPSA) is 32.3 Å². The van der Waals surface area contributed by atoms with Gasteiger partial charge in [-0.1, -0.05) is 0 Å². The van der Waals surface area contributed by atoms with E-state index in [1.165, 1.54) is 0 Å². The van der Waals surface area contributed by atoms with Crippen LogP contribution in [0.25, 0.3) is 0 Å². The molecular formula is C11H22N2OS. The lowest BCUT2D eigenvalue weighted by Crippen LogP contribution is -2.43. The fourth-order valence-corrected chi connectivity index (χ4v) is 2.46. The van der Waals surface area contributed by atoms with Crippen LogP contribution in [0.4, 0.5) is 0 Å². The Morgan fingerprint density at radius 3 is 2.93 bits per heavy atom. The molecule has 1 N–H and O–H groups in total. The van der Waals surface area contributed by atoms with Gasteiger partial charge in [0.25, 0.3) is 0 Å². The van der Waals surface area contributed by atoms with Gasteiger partial charge in [-0.2, -0.15) is 11.8 Å². The summed E-state index contributed by atoms with van der Waals surface area (Å²) in [5, 5.41) is 3.37. The molecule has 15 heavy (non-hydrogen) atoms. The van der Waals surface area contributed by atoms with Gasteiger partial charge in [-0.25, -0.2) is 0 Å². The minimum absolute atomic E-state index is 0.244. The SMILES string of the molecule is CSCCN(C)C(=O)C1CCNC(C)C1. The van der Waals surface area contributed by atoms with Gasteiger partial charge >= 0.3 is 0 Å².